The highest BCUT2D eigenvalue weighted by molar-refractivity contribution is 6.03. The molecule has 3 aromatic heterocycles. The zero-order valence-corrected chi connectivity index (χ0v) is 10.4. The maximum absolute atomic E-state index is 12.1. The summed E-state index contributed by atoms with van der Waals surface area (Å²) >= 11 is 0. The van der Waals surface area contributed by atoms with Gasteiger partial charge in [-0.2, -0.15) is 5.10 Å². The lowest BCUT2D eigenvalue weighted by Crippen LogP contribution is -2.14. The van der Waals surface area contributed by atoms with E-state index in [0.717, 1.165) is 11.1 Å². The molecule has 0 atom stereocenters. The Labute approximate surface area is 109 Å². The molecule has 0 spiro atoms. The van der Waals surface area contributed by atoms with Gasteiger partial charge in [0, 0.05) is 12.4 Å². The van der Waals surface area contributed by atoms with Crippen molar-refractivity contribution in [1.29, 1.82) is 0 Å². The van der Waals surface area contributed by atoms with E-state index in [4.69, 9.17) is 0 Å². The quantitative estimate of drug-likeness (QED) is 0.761. The summed E-state index contributed by atoms with van der Waals surface area (Å²) in [6, 6.07) is 11.1. The highest BCUT2D eigenvalue weighted by atomic mass is 16.2. The molecule has 0 bridgehead atoms. The lowest BCUT2D eigenvalue weighted by atomic mass is 10.3. The first-order chi connectivity index (χ1) is 9.24. The van der Waals surface area contributed by atoms with Gasteiger partial charge >= 0.3 is 0 Å². The van der Waals surface area contributed by atoms with Crippen molar-refractivity contribution in [2.24, 2.45) is 0 Å². The summed E-state index contributed by atoms with van der Waals surface area (Å²) in [6.07, 6.45) is 3.45. The van der Waals surface area contributed by atoms with Crippen LogP contribution in [0.3, 0.4) is 0 Å². The molecule has 0 saturated heterocycles. The number of amides is 1. The summed E-state index contributed by atoms with van der Waals surface area (Å²) in [5.74, 6) is 0.301. The molecule has 0 fully saturated rings. The Morgan fingerprint density at radius 3 is 2.95 bits per heavy atom. The molecule has 1 amide bonds. The number of nitrogens with zero attached hydrogens (tertiary/aromatic N) is 3. The lowest BCUT2D eigenvalue weighted by Gasteiger charge is -2.04. The smallest absolute Gasteiger partial charge is 0.277 e. The molecular weight excluding hydrogens is 240 g/mol. The minimum absolute atomic E-state index is 0.259. The third-order valence-electron chi connectivity index (χ3n) is 2.84. The monoisotopic (exact) mass is 252 g/mol. The number of anilines is 1. The molecule has 0 aliphatic heterocycles. The van der Waals surface area contributed by atoms with Crippen LogP contribution in [0, 0.1) is 6.92 Å². The van der Waals surface area contributed by atoms with Gasteiger partial charge in [-0.1, -0.05) is 12.1 Å². The predicted octanol–water partition coefficient (Wildman–Crippen LogP) is 2.29. The van der Waals surface area contributed by atoms with Gasteiger partial charge in [-0.25, -0.2) is 9.50 Å². The van der Waals surface area contributed by atoms with E-state index in [2.05, 4.69) is 15.4 Å². The van der Waals surface area contributed by atoms with E-state index < -0.39 is 0 Å². The van der Waals surface area contributed by atoms with E-state index >= 15 is 0 Å². The Bertz CT molecular complexity index is 715. The van der Waals surface area contributed by atoms with Gasteiger partial charge in [0.2, 0.25) is 0 Å². The third kappa shape index (κ3) is 2.18. The first kappa shape index (κ1) is 11.4. The molecule has 3 aromatic rings. The van der Waals surface area contributed by atoms with Gasteiger partial charge in [0.25, 0.3) is 5.91 Å². The number of aromatic nitrogens is 3. The Balaban J connectivity index is 1.90. The fourth-order valence-corrected chi connectivity index (χ4v) is 1.84. The number of carbonyl (C=O) groups excluding carboxylic acids is 1. The highest BCUT2D eigenvalue weighted by Crippen LogP contribution is 2.12. The van der Waals surface area contributed by atoms with Gasteiger partial charge in [0.1, 0.15) is 5.82 Å². The second kappa shape index (κ2) is 4.53. The van der Waals surface area contributed by atoms with E-state index in [1.54, 1.807) is 23.0 Å². The van der Waals surface area contributed by atoms with Crippen LogP contribution in [-0.4, -0.2) is 20.5 Å². The molecular formula is C14H12N4O. The molecule has 5 heteroatoms. The summed E-state index contributed by atoms with van der Waals surface area (Å²) in [6.45, 7) is 1.90. The number of hydrogen-bond donors (Lipinski definition) is 1. The van der Waals surface area contributed by atoms with E-state index in [1.165, 1.54) is 0 Å². The summed E-state index contributed by atoms with van der Waals surface area (Å²) in [5.41, 5.74) is 2.17. The van der Waals surface area contributed by atoms with Crippen LogP contribution in [0.1, 0.15) is 16.1 Å². The Hall–Kier alpha value is -2.69. The second-order valence-electron chi connectivity index (χ2n) is 4.22. The van der Waals surface area contributed by atoms with Crippen molar-refractivity contribution in [1.82, 2.24) is 14.6 Å². The Morgan fingerprint density at radius 1 is 1.26 bits per heavy atom. The minimum Gasteiger partial charge on any atom is -0.305 e. The molecule has 3 heterocycles. The van der Waals surface area contributed by atoms with Crippen molar-refractivity contribution in [2.45, 2.75) is 6.92 Å². The number of nitrogens with one attached hydrogen (secondary N) is 1. The Kier molecular flexibility index (Phi) is 2.72. The topological polar surface area (TPSA) is 59.3 Å². The van der Waals surface area contributed by atoms with E-state index in [-0.39, 0.29) is 5.91 Å². The fraction of sp³-hybridized carbons (Fsp3) is 0.0714. The van der Waals surface area contributed by atoms with Crippen molar-refractivity contribution in [2.75, 3.05) is 5.32 Å². The Morgan fingerprint density at radius 2 is 2.16 bits per heavy atom. The van der Waals surface area contributed by atoms with Crippen LogP contribution in [0.2, 0.25) is 0 Å². The number of carbonyl (C=O) groups is 1. The molecule has 0 radical (unpaired) electrons. The first-order valence-electron chi connectivity index (χ1n) is 5.91. The second-order valence-corrected chi connectivity index (χ2v) is 4.22. The average molecular weight is 252 g/mol. The van der Waals surface area contributed by atoms with E-state index in [9.17, 15) is 4.79 Å². The van der Waals surface area contributed by atoms with Crippen molar-refractivity contribution in [3.8, 4) is 0 Å². The van der Waals surface area contributed by atoms with Crippen LogP contribution in [-0.2, 0) is 0 Å². The number of hydrogen-bond acceptors (Lipinski definition) is 3. The van der Waals surface area contributed by atoms with Gasteiger partial charge in [0.15, 0.2) is 5.69 Å². The summed E-state index contributed by atoms with van der Waals surface area (Å²) < 4.78 is 1.67. The van der Waals surface area contributed by atoms with Crippen LogP contribution in [0.25, 0.3) is 5.52 Å². The van der Waals surface area contributed by atoms with Gasteiger partial charge in [-0.3, -0.25) is 4.79 Å². The van der Waals surface area contributed by atoms with Gasteiger partial charge in [0.05, 0.1) is 5.52 Å². The maximum Gasteiger partial charge on any atom is 0.277 e. The van der Waals surface area contributed by atoms with Crippen molar-refractivity contribution >= 4 is 17.2 Å². The van der Waals surface area contributed by atoms with Crippen molar-refractivity contribution < 1.29 is 4.79 Å². The predicted molar refractivity (Wildman–Crippen MR) is 72.1 cm³/mol. The van der Waals surface area contributed by atoms with Crippen LogP contribution in [0.4, 0.5) is 5.82 Å². The van der Waals surface area contributed by atoms with E-state index in [0.29, 0.717) is 11.5 Å². The molecule has 5 nitrogen and oxygen atoms in total. The van der Waals surface area contributed by atoms with E-state index in [1.807, 2.05) is 37.3 Å². The molecule has 0 aromatic carbocycles. The van der Waals surface area contributed by atoms with Crippen LogP contribution in [0.15, 0.2) is 48.8 Å². The molecule has 0 saturated carbocycles. The highest BCUT2D eigenvalue weighted by Gasteiger charge is 2.12. The van der Waals surface area contributed by atoms with Crippen LogP contribution >= 0.6 is 0 Å². The third-order valence-corrected chi connectivity index (χ3v) is 2.84. The van der Waals surface area contributed by atoms with Gasteiger partial charge in [-0.05, 0) is 36.8 Å². The number of rotatable bonds is 2. The largest absolute Gasteiger partial charge is 0.305 e. The molecule has 3 rings (SSSR count). The standard InChI is InChI=1S/C14H12N4O/c1-10-5-4-7-15-13(10)16-14(19)12-9-11-6-2-3-8-18(11)17-12/h2-9H,1H3,(H,15,16,19). The summed E-state index contributed by atoms with van der Waals surface area (Å²) in [7, 11) is 0. The lowest BCUT2D eigenvalue weighted by molar-refractivity contribution is 0.102. The first-order valence-corrected chi connectivity index (χ1v) is 5.91. The molecule has 1 N–H and O–H groups in total. The summed E-state index contributed by atoms with van der Waals surface area (Å²) in [5, 5.41) is 6.98. The van der Waals surface area contributed by atoms with Crippen LogP contribution < -0.4 is 5.32 Å². The van der Waals surface area contributed by atoms with Crippen molar-refractivity contribution in [3.63, 3.8) is 0 Å². The summed E-state index contributed by atoms with van der Waals surface area (Å²) in [4.78, 5) is 16.2. The normalized spacial score (nSPS) is 10.6. The molecule has 0 aliphatic carbocycles. The van der Waals surface area contributed by atoms with Crippen LogP contribution in [0.5, 0.6) is 0 Å². The number of pyridine rings is 2. The minimum atomic E-state index is -0.259. The van der Waals surface area contributed by atoms with Crippen molar-refractivity contribution in [3.05, 3.63) is 60.0 Å². The number of fused-ring (bicyclic) bond motifs is 1. The number of aryl methyl sites for hydroxylation is 1. The zero-order chi connectivity index (χ0) is 13.2. The fourth-order valence-electron chi connectivity index (χ4n) is 1.84. The van der Waals surface area contributed by atoms with Gasteiger partial charge < -0.3 is 5.32 Å². The van der Waals surface area contributed by atoms with Gasteiger partial charge in [-0.15, -0.1) is 0 Å². The molecule has 19 heavy (non-hydrogen) atoms. The SMILES string of the molecule is Cc1cccnc1NC(=O)c1cc2ccccn2n1. The average Bonchev–Trinajstić information content (AvgIpc) is 2.85. The molecule has 0 aliphatic rings. The zero-order valence-electron chi connectivity index (χ0n) is 10.4. The molecule has 94 valence electrons. The molecule has 0 unspecified atom stereocenters. The maximum atomic E-state index is 12.1.